The topological polar surface area (TPSA) is 69.6 Å². The van der Waals surface area contributed by atoms with E-state index in [1.165, 1.54) is 11.9 Å². The summed E-state index contributed by atoms with van der Waals surface area (Å²) in [6, 6.07) is 0.506. The van der Waals surface area contributed by atoms with Crippen molar-refractivity contribution in [2.75, 3.05) is 24.4 Å². The molecule has 1 rings (SSSR count). The summed E-state index contributed by atoms with van der Waals surface area (Å²) in [5, 5.41) is 11.3. The van der Waals surface area contributed by atoms with Crippen LogP contribution in [0.1, 0.15) is 17.3 Å². The zero-order valence-corrected chi connectivity index (χ0v) is 12.6. The molecular formula is C13H16F2N2O3S. The van der Waals surface area contributed by atoms with Crippen molar-refractivity contribution in [3.05, 3.63) is 29.3 Å². The van der Waals surface area contributed by atoms with E-state index in [0.717, 1.165) is 0 Å². The number of hydrogen-bond donors (Lipinski definition) is 2. The molecule has 5 nitrogen and oxygen atoms in total. The van der Waals surface area contributed by atoms with Crippen LogP contribution in [0.3, 0.4) is 0 Å². The van der Waals surface area contributed by atoms with Crippen molar-refractivity contribution < 1.29 is 23.5 Å². The van der Waals surface area contributed by atoms with Crippen LogP contribution in [-0.4, -0.2) is 47.1 Å². The molecule has 0 saturated heterocycles. The smallest absolute Gasteiger partial charge is 0.337 e. The van der Waals surface area contributed by atoms with Crippen LogP contribution in [-0.2, 0) is 0 Å². The molecule has 2 N–H and O–H groups in total. The van der Waals surface area contributed by atoms with Gasteiger partial charge in [0.25, 0.3) is 0 Å². The third-order valence-electron chi connectivity index (χ3n) is 2.92. The highest BCUT2D eigenvalue weighted by molar-refractivity contribution is 7.98. The van der Waals surface area contributed by atoms with Gasteiger partial charge in [0.1, 0.15) is 0 Å². The van der Waals surface area contributed by atoms with Gasteiger partial charge in [0.2, 0.25) is 0 Å². The minimum atomic E-state index is -1.45. The van der Waals surface area contributed by atoms with Crippen molar-refractivity contribution in [1.29, 1.82) is 0 Å². The number of aromatic carboxylic acids is 1. The van der Waals surface area contributed by atoms with Gasteiger partial charge in [-0.15, -0.1) is 0 Å². The van der Waals surface area contributed by atoms with Crippen molar-refractivity contribution >= 4 is 29.4 Å². The maximum atomic E-state index is 13.2. The first-order valence-corrected chi connectivity index (χ1v) is 7.42. The molecule has 1 atom stereocenters. The number of anilines is 1. The van der Waals surface area contributed by atoms with Gasteiger partial charge in [-0.05, 0) is 19.2 Å². The number of hydrogen-bond acceptors (Lipinski definition) is 3. The quantitative estimate of drug-likeness (QED) is 0.876. The Morgan fingerprint density at radius 1 is 1.38 bits per heavy atom. The molecule has 0 aromatic heterocycles. The van der Waals surface area contributed by atoms with E-state index in [-0.39, 0.29) is 11.7 Å². The van der Waals surface area contributed by atoms with E-state index in [2.05, 4.69) is 5.32 Å². The molecule has 21 heavy (non-hydrogen) atoms. The van der Waals surface area contributed by atoms with E-state index >= 15 is 0 Å². The van der Waals surface area contributed by atoms with Gasteiger partial charge in [-0.1, -0.05) is 0 Å². The van der Waals surface area contributed by atoms with E-state index in [9.17, 15) is 18.4 Å². The second-order valence-electron chi connectivity index (χ2n) is 4.46. The molecule has 0 aliphatic rings. The normalized spacial score (nSPS) is 11.9. The summed E-state index contributed by atoms with van der Waals surface area (Å²) in [6.07, 6.45) is 1.89. The number of amides is 2. The first-order chi connectivity index (χ1) is 9.77. The average Bonchev–Trinajstić information content (AvgIpc) is 2.41. The molecule has 8 heteroatoms. The molecule has 0 bridgehead atoms. The molecule has 0 aliphatic carbocycles. The monoisotopic (exact) mass is 318 g/mol. The zero-order valence-electron chi connectivity index (χ0n) is 11.8. The average molecular weight is 318 g/mol. The van der Waals surface area contributed by atoms with E-state index in [4.69, 9.17) is 5.11 Å². The summed E-state index contributed by atoms with van der Waals surface area (Å²) in [5.74, 6) is -3.28. The van der Waals surface area contributed by atoms with Crippen LogP contribution in [0.4, 0.5) is 19.3 Å². The van der Waals surface area contributed by atoms with Gasteiger partial charge in [0.15, 0.2) is 11.6 Å². The van der Waals surface area contributed by atoms with Crippen molar-refractivity contribution in [2.24, 2.45) is 0 Å². The summed E-state index contributed by atoms with van der Waals surface area (Å²) >= 11 is 1.55. The lowest BCUT2D eigenvalue weighted by atomic mass is 10.1. The Balaban J connectivity index is 2.99. The Kier molecular flexibility index (Phi) is 5.95. The number of rotatable bonds is 5. The highest BCUT2D eigenvalue weighted by atomic mass is 32.2. The maximum Gasteiger partial charge on any atom is 0.337 e. The predicted octanol–water partition coefficient (Wildman–Crippen LogP) is 2.88. The fourth-order valence-corrected chi connectivity index (χ4v) is 2.29. The number of nitrogens with zero attached hydrogens (tertiary/aromatic N) is 1. The number of carbonyl (C=O) groups excluding carboxylic acids is 1. The first kappa shape index (κ1) is 17.2. The fraction of sp³-hybridized carbons (Fsp3) is 0.385. The number of halogens is 2. The summed E-state index contributed by atoms with van der Waals surface area (Å²) in [7, 11) is 1.54. The van der Waals surface area contributed by atoms with Crippen LogP contribution in [0, 0.1) is 11.6 Å². The predicted molar refractivity (Wildman–Crippen MR) is 77.9 cm³/mol. The van der Waals surface area contributed by atoms with Crippen LogP contribution in [0.5, 0.6) is 0 Å². The number of nitrogens with one attached hydrogen (secondary N) is 1. The Bertz CT molecular complexity index is 554. The molecular weight excluding hydrogens is 302 g/mol. The number of carboxylic acid groups (broad SMARTS) is 1. The molecule has 1 unspecified atom stereocenters. The second kappa shape index (κ2) is 7.26. The van der Waals surface area contributed by atoms with Gasteiger partial charge in [-0.3, -0.25) is 0 Å². The minimum Gasteiger partial charge on any atom is -0.478 e. The second-order valence-corrected chi connectivity index (χ2v) is 5.37. The molecule has 0 radical (unpaired) electrons. The lowest BCUT2D eigenvalue weighted by Gasteiger charge is -2.25. The van der Waals surface area contributed by atoms with Crippen LogP contribution in [0.25, 0.3) is 0 Å². The fourth-order valence-electron chi connectivity index (χ4n) is 1.58. The van der Waals surface area contributed by atoms with Crippen LogP contribution in [0.15, 0.2) is 12.1 Å². The molecule has 1 aromatic carbocycles. The largest absolute Gasteiger partial charge is 0.478 e. The number of carboxylic acids is 1. The van der Waals surface area contributed by atoms with E-state index in [1.807, 2.05) is 13.2 Å². The SMILES string of the molecule is CSCC(C)N(C)C(=O)Nc1cc(F)c(F)cc1C(=O)O. The minimum absolute atomic E-state index is 0.0985. The molecule has 2 amide bonds. The van der Waals surface area contributed by atoms with Crippen LogP contribution in [0.2, 0.25) is 0 Å². The van der Waals surface area contributed by atoms with Crippen molar-refractivity contribution in [3.8, 4) is 0 Å². The summed E-state index contributed by atoms with van der Waals surface area (Å²) < 4.78 is 26.3. The summed E-state index contributed by atoms with van der Waals surface area (Å²) in [4.78, 5) is 24.4. The van der Waals surface area contributed by atoms with Crippen molar-refractivity contribution in [1.82, 2.24) is 4.90 Å². The number of thioether (sulfide) groups is 1. The number of urea groups is 1. The zero-order chi connectivity index (χ0) is 16.2. The number of carbonyl (C=O) groups is 2. The molecule has 1 aromatic rings. The van der Waals surface area contributed by atoms with Gasteiger partial charge >= 0.3 is 12.0 Å². The maximum absolute atomic E-state index is 13.2. The first-order valence-electron chi connectivity index (χ1n) is 6.03. The van der Waals surface area contributed by atoms with Gasteiger partial charge in [0, 0.05) is 24.9 Å². The van der Waals surface area contributed by atoms with Crippen molar-refractivity contribution in [2.45, 2.75) is 13.0 Å². The Labute approximate surface area is 125 Å². The van der Waals surface area contributed by atoms with Gasteiger partial charge in [0.05, 0.1) is 11.3 Å². The molecule has 0 saturated carbocycles. The van der Waals surface area contributed by atoms with Gasteiger partial charge in [-0.2, -0.15) is 11.8 Å². The van der Waals surface area contributed by atoms with E-state index in [0.29, 0.717) is 17.9 Å². The van der Waals surface area contributed by atoms with E-state index in [1.54, 1.807) is 11.8 Å². The lowest BCUT2D eigenvalue weighted by molar-refractivity contribution is 0.0697. The van der Waals surface area contributed by atoms with Crippen molar-refractivity contribution in [3.63, 3.8) is 0 Å². The van der Waals surface area contributed by atoms with Crippen LogP contribution < -0.4 is 5.32 Å². The molecule has 0 aliphatic heterocycles. The molecule has 0 fully saturated rings. The lowest BCUT2D eigenvalue weighted by Crippen LogP contribution is -2.39. The summed E-state index contributed by atoms with van der Waals surface area (Å²) in [5.41, 5.74) is -0.789. The number of benzene rings is 1. The summed E-state index contributed by atoms with van der Waals surface area (Å²) in [6.45, 7) is 1.82. The molecule has 0 heterocycles. The molecule has 116 valence electrons. The Morgan fingerprint density at radius 3 is 2.48 bits per heavy atom. The third kappa shape index (κ3) is 4.32. The Morgan fingerprint density at radius 2 is 1.95 bits per heavy atom. The van der Waals surface area contributed by atoms with Gasteiger partial charge < -0.3 is 15.3 Å². The molecule has 0 spiro atoms. The van der Waals surface area contributed by atoms with Crippen LogP contribution >= 0.6 is 11.8 Å². The third-order valence-corrected chi connectivity index (χ3v) is 3.74. The van der Waals surface area contributed by atoms with E-state index < -0.39 is 29.2 Å². The highest BCUT2D eigenvalue weighted by Crippen LogP contribution is 2.21. The highest BCUT2D eigenvalue weighted by Gasteiger charge is 2.20. The van der Waals surface area contributed by atoms with Gasteiger partial charge in [-0.25, -0.2) is 18.4 Å². The standard InChI is InChI=1S/C13H16F2N2O3S/c1-7(6-21-3)17(2)13(20)16-11-5-10(15)9(14)4-8(11)12(18)19/h4-5,7H,6H2,1-3H3,(H,16,20)(H,18,19). The Hall–Kier alpha value is -1.83.